The van der Waals surface area contributed by atoms with E-state index in [0.717, 1.165) is 16.9 Å². The van der Waals surface area contributed by atoms with Crippen molar-refractivity contribution >= 4 is 11.6 Å². The summed E-state index contributed by atoms with van der Waals surface area (Å²) in [5.41, 5.74) is 2.99. The number of allylic oxidation sites excluding steroid dienone is 1. The van der Waals surface area contributed by atoms with Crippen molar-refractivity contribution in [2.75, 3.05) is 14.2 Å². The van der Waals surface area contributed by atoms with Gasteiger partial charge in [-0.15, -0.1) is 0 Å². The van der Waals surface area contributed by atoms with Gasteiger partial charge in [0, 0.05) is 11.3 Å². The van der Waals surface area contributed by atoms with Gasteiger partial charge in [0.25, 0.3) is 5.89 Å². The maximum absolute atomic E-state index is 13.1. The number of ether oxygens (including phenoxy) is 2. The van der Waals surface area contributed by atoms with Gasteiger partial charge in [0.05, 0.1) is 38.6 Å². The van der Waals surface area contributed by atoms with Crippen LogP contribution in [-0.4, -0.2) is 35.3 Å². The highest BCUT2D eigenvalue weighted by atomic mass is 16.5. The molecule has 5 rings (SSSR count). The number of amides is 2. The predicted molar refractivity (Wildman–Crippen MR) is 127 cm³/mol. The quantitative estimate of drug-likeness (QED) is 0.402. The SMILES string of the molecule is COc1ccc(C2NC(=O)N(Cc3ccco3)C(C)=C2c2nc(-c3cccc(OC)c3)no2)cc1. The minimum atomic E-state index is -0.500. The van der Waals surface area contributed by atoms with Crippen molar-refractivity contribution < 1.29 is 23.2 Å². The number of furan rings is 1. The van der Waals surface area contributed by atoms with E-state index in [9.17, 15) is 4.79 Å². The summed E-state index contributed by atoms with van der Waals surface area (Å²) in [6, 6.07) is 17.8. The van der Waals surface area contributed by atoms with E-state index >= 15 is 0 Å². The van der Waals surface area contributed by atoms with Crippen LogP contribution in [0.25, 0.3) is 17.0 Å². The summed E-state index contributed by atoms with van der Waals surface area (Å²) >= 11 is 0. The Morgan fingerprint density at radius 1 is 1.03 bits per heavy atom. The Labute approximate surface area is 202 Å². The highest BCUT2D eigenvalue weighted by Crippen LogP contribution is 2.38. The zero-order valence-corrected chi connectivity index (χ0v) is 19.5. The minimum absolute atomic E-state index is 0.254. The molecule has 9 nitrogen and oxygen atoms in total. The Bertz CT molecular complexity index is 1360. The number of carbonyl (C=O) groups excluding carboxylic acids is 1. The van der Waals surface area contributed by atoms with Gasteiger partial charge in [0.1, 0.15) is 17.3 Å². The summed E-state index contributed by atoms with van der Waals surface area (Å²) < 4.78 is 21.8. The number of nitrogens with zero attached hydrogens (tertiary/aromatic N) is 3. The monoisotopic (exact) mass is 472 g/mol. The zero-order valence-electron chi connectivity index (χ0n) is 19.5. The molecule has 0 radical (unpaired) electrons. The van der Waals surface area contributed by atoms with Gasteiger partial charge in [0.15, 0.2) is 0 Å². The van der Waals surface area contributed by atoms with Crippen LogP contribution in [0.2, 0.25) is 0 Å². The van der Waals surface area contributed by atoms with Crippen LogP contribution >= 0.6 is 0 Å². The summed E-state index contributed by atoms with van der Waals surface area (Å²) in [4.78, 5) is 19.4. The van der Waals surface area contributed by atoms with E-state index in [1.54, 1.807) is 31.4 Å². The van der Waals surface area contributed by atoms with Crippen molar-refractivity contribution in [3.05, 3.63) is 89.8 Å². The number of carbonyl (C=O) groups is 1. The lowest BCUT2D eigenvalue weighted by Gasteiger charge is -2.34. The third-order valence-electron chi connectivity index (χ3n) is 5.92. The molecule has 0 saturated heterocycles. The Kier molecular flexibility index (Phi) is 5.97. The van der Waals surface area contributed by atoms with Crippen molar-refractivity contribution in [2.24, 2.45) is 0 Å². The number of nitrogens with one attached hydrogen (secondary N) is 1. The molecule has 1 atom stereocenters. The zero-order chi connectivity index (χ0) is 24.4. The first kappa shape index (κ1) is 22.3. The first-order chi connectivity index (χ1) is 17.1. The second-order valence-corrected chi connectivity index (χ2v) is 7.98. The molecule has 2 aromatic heterocycles. The first-order valence-corrected chi connectivity index (χ1v) is 11.0. The van der Waals surface area contributed by atoms with Crippen LogP contribution in [0.4, 0.5) is 4.79 Å². The van der Waals surface area contributed by atoms with E-state index in [0.29, 0.717) is 34.5 Å². The molecule has 178 valence electrons. The average molecular weight is 473 g/mol. The van der Waals surface area contributed by atoms with Gasteiger partial charge >= 0.3 is 6.03 Å². The van der Waals surface area contributed by atoms with Gasteiger partial charge in [-0.25, -0.2) is 4.79 Å². The standard InChI is InChI=1S/C26H24N4O5/c1-16-22(25-28-24(29-35-25)18-6-4-7-20(14-18)33-3)23(17-9-11-19(32-2)12-10-17)27-26(31)30(16)15-21-8-5-13-34-21/h4-14,23H,15H2,1-3H3,(H,27,31). The van der Waals surface area contributed by atoms with Gasteiger partial charge in [-0.1, -0.05) is 29.4 Å². The second kappa shape index (κ2) is 9.38. The van der Waals surface area contributed by atoms with Crippen molar-refractivity contribution in [1.29, 1.82) is 0 Å². The topological polar surface area (TPSA) is 103 Å². The van der Waals surface area contributed by atoms with Crippen LogP contribution in [0.5, 0.6) is 11.5 Å². The molecule has 1 unspecified atom stereocenters. The molecular weight excluding hydrogens is 448 g/mol. The van der Waals surface area contributed by atoms with E-state index in [1.807, 2.05) is 61.5 Å². The van der Waals surface area contributed by atoms with Crippen LogP contribution in [0.1, 0.15) is 30.2 Å². The highest BCUT2D eigenvalue weighted by molar-refractivity contribution is 5.86. The Morgan fingerprint density at radius 2 is 1.83 bits per heavy atom. The van der Waals surface area contributed by atoms with Crippen LogP contribution in [0, 0.1) is 0 Å². The van der Waals surface area contributed by atoms with Crippen LogP contribution < -0.4 is 14.8 Å². The lowest BCUT2D eigenvalue weighted by atomic mass is 9.94. The maximum atomic E-state index is 13.1. The van der Waals surface area contributed by atoms with Gasteiger partial charge in [-0.2, -0.15) is 4.98 Å². The Hall–Kier alpha value is -4.53. The fourth-order valence-corrected chi connectivity index (χ4v) is 4.07. The third-order valence-corrected chi connectivity index (χ3v) is 5.92. The summed E-state index contributed by atoms with van der Waals surface area (Å²) in [6.07, 6.45) is 1.58. The molecule has 0 fully saturated rings. The molecule has 3 heterocycles. The number of rotatable bonds is 7. The molecule has 35 heavy (non-hydrogen) atoms. The van der Waals surface area contributed by atoms with Crippen molar-refractivity contribution in [3.8, 4) is 22.9 Å². The third kappa shape index (κ3) is 4.35. The molecule has 1 aliphatic rings. The van der Waals surface area contributed by atoms with Gasteiger partial charge < -0.3 is 23.7 Å². The normalized spacial score (nSPS) is 15.8. The summed E-state index contributed by atoms with van der Waals surface area (Å²) in [7, 11) is 3.21. The fourth-order valence-electron chi connectivity index (χ4n) is 4.07. The predicted octanol–water partition coefficient (Wildman–Crippen LogP) is 5.04. The fraction of sp³-hybridized carbons (Fsp3) is 0.192. The van der Waals surface area contributed by atoms with E-state index in [1.165, 1.54) is 0 Å². The largest absolute Gasteiger partial charge is 0.497 e. The van der Waals surface area contributed by atoms with Crippen LogP contribution in [0.3, 0.4) is 0 Å². The minimum Gasteiger partial charge on any atom is -0.497 e. The van der Waals surface area contributed by atoms with Crippen molar-refractivity contribution in [2.45, 2.75) is 19.5 Å². The van der Waals surface area contributed by atoms with E-state index in [-0.39, 0.29) is 12.6 Å². The summed E-state index contributed by atoms with van der Waals surface area (Å²) in [5.74, 6) is 2.79. The number of urea groups is 1. The number of hydrogen-bond donors (Lipinski definition) is 1. The Morgan fingerprint density at radius 3 is 2.54 bits per heavy atom. The molecule has 1 aliphatic heterocycles. The molecule has 0 bridgehead atoms. The van der Waals surface area contributed by atoms with Gasteiger partial charge in [0.2, 0.25) is 5.82 Å². The summed E-state index contributed by atoms with van der Waals surface area (Å²) in [6.45, 7) is 2.13. The van der Waals surface area contributed by atoms with Crippen molar-refractivity contribution in [1.82, 2.24) is 20.4 Å². The Balaban J connectivity index is 1.58. The molecule has 0 saturated carbocycles. The first-order valence-electron chi connectivity index (χ1n) is 11.0. The molecule has 2 amide bonds. The lowest BCUT2D eigenvalue weighted by Crippen LogP contribution is -2.45. The molecule has 0 aliphatic carbocycles. The van der Waals surface area contributed by atoms with Crippen LogP contribution in [-0.2, 0) is 6.54 Å². The number of aromatic nitrogens is 2. The van der Waals surface area contributed by atoms with E-state index in [4.69, 9.17) is 18.4 Å². The number of benzene rings is 2. The molecule has 4 aromatic rings. The lowest BCUT2D eigenvalue weighted by molar-refractivity contribution is 0.199. The molecule has 1 N–H and O–H groups in total. The average Bonchev–Trinajstić information content (AvgIpc) is 3.59. The highest BCUT2D eigenvalue weighted by Gasteiger charge is 2.36. The molecule has 0 spiro atoms. The van der Waals surface area contributed by atoms with E-state index < -0.39 is 6.04 Å². The molecular formula is C26H24N4O5. The summed E-state index contributed by atoms with van der Waals surface area (Å²) in [5, 5.41) is 7.28. The number of methoxy groups -OCH3 is 2. The number of hydrogen-bond acceptors (Lipinski definition) is 7. The van der Waals surface area contributed by atoms with Crippen LogP contribution in [0.15, 0.2) is 81.6 Å². The van der Waals surface area contributed by atoms with Gasteiger partial charge in [-0.05, 0) is 48.9 Å². The van der Waals surface area contributed by atoms with Crippen molar-refractivity contribution in [3.63, 3.8) is 0 Å². The smallest absolute Gasteiger partial charge is 0.322 e. The van der Waals surface area contributed by atoms with Gasteiger partial charge in [-0.3, -0.25) is 4.90 Å². The second-order valence-electron chi connectivity index (χ2n) is 7.98. The maximum Gasteiger partial charge on any atom is 0.322 e. The molecule has 9 heteroatoms. The molecule has 2 aromatic carbocycles. The van der Waals surface area contributed by atoms with E-state index in [2.05, 4.69) is 15.5 Å².